The highest BCUT2D eigenvalue weighted by Gasteiger charge is 1.96. The molecule has 66 valence electrons. The van der Waals surface area contributed by atoms with E-state index in [1.54, 1.807) is 0 Å². The lowest BCUT2D eigenvalue weighted by Gasteiger charge is -2.18. The van der Waals surface area contributed by atoms with Crippen molar-refractivity contribution >= 4 is 15.7 Å². The van der Waals surface area contributed by atoms with E-state index in [-0.39, 0.29) is 0 Å². The standard InChI is InChI=1S/C8H11NO2S/c10-12(11)8-4-7-9-5-2-1-3-6-9/h1-3,5,8H,4,6-7H2. The molecule has 1 aliphatic heterocycles. The van der Waals surface area contributed by atoms with Gasteiger partial charge in [-0.2, -0.15) is 8.42 Å². The molecule has 0 fully saturated rings. The summed E-state index contributed by atoms with van der Waals surface area (Å²) in [5, 5.41) is 1.28. The minimum absolute atomic E-state index is 0.578. The van der Waals surface area contributed by atoms with E-state index in [0.717, 1.165) is 13.1 Å². The molecule has 0 saturated heterocycles. The van der Waals surface area contributed by atoms with Gasteiger partial charge < -0.3 is 4.90 Å². The van der Waals surface area contributed by atoms with Gasteiger partial charge in [0.25, 0.3) is 0 Å². The number of rotatable bonds is 3. The second-order valence-corrected chi connectivity index (χ2v) is 3.33. The van der Waals surface area contributed by atoms with Crippen molar-refractivity contribution in [2.24, 2.45) is 0 Å². The van der Waals surface area contributed by atoms with Gasteiger partial charge in [0.2, 0.25) is 10.3 Å². The quantitative estimate of drug-likeness (QED) is 0.599. The maximum absolute atomic E-state index is 10.1. The molecule has 0 aromatic heterocycles. The van der Waals surface area contributed by atoms with Crippen LogP contribution in [0.15, 0.2) is 24.4 Å². The van der Waals surface area contributed by atoms with E-state index in [0.29, 0.717) is 6.42 Å². The lowest BCUT2D eigenvalue weighted by Crippen LogP contribution is -2.20. The van der Waals surface area contributed by atoms with Crippen molar-refractivity contribution in [1.82, 2.24) is 4.90 Å². The minimum atomic E-state index is -2.01. The zero-order valence-corrected chi connectivity index (χ0v) is 7.50. The van der Waals surface area contributed by atoms with Crippen LogP contribution in [0.4, 0.5) is 0 Å². The fourth-order valence-corrected chi connectivity index (χ4v) is 1.29. The predicted octanol–water partition coefficient (Wildman–Crippen LogP) is 0.443. The smallest absolute Gasteiger partial charge is 0.210 e. The van der Waals surface area contributed by atoms with E-state index in [2.05, 4.69) is 4.90 Å². The summed E-state index contributed by atoms with van der Waals surface area (Å²) in [5.74, 6) is 0. The van der Waals surface area contributed by atoms with Crippen molar-refractivity contribution in [3.05, 3.63) is 24.4 Å². The van der Waals surface area contributed by atoms with Crippen LogP contribution in [0.2, 0.25) is 0 Å². The molecular weight excluding hydrogens is 174 g/mol. The van der Waals surface area contributed by atoms with Crippen molar-refractivity contribution in [3.63, 3.8) is 0 Å². The Morgan fingerprint density at radius 1 is 1.42 bits per heavy atom. The molecule has 4 heteroatoms. The molecule has 1 rings (SSSR count). The van der Waals surface area contributed by atoms with E-state index in [4.69, 9.17) is 0 Å². The van der Waals surface area contributed by atoms with Crippen LogP contribution in [0, 0.1) is 0 Å². The summed E-state index contributed by atoms with van der Waals surface area (Å²) in [6, 6.07) is 0. The highest BCUT2D eigenvalue weighted by molar-refractivity contribution is 7.71. The fourth-order valence-electron chi connectivity index (χ4n) is 0.988. The van der Waals surface area contributed by atoms with Crippen molar-refractivity contribution in [1.29, 1.82) is 0 Å². The molecule has 1 aliphatic rings. The Kier molecular flexibility index (Phi) is 3.60. The first-order chi connectivity index (χ1) is 5.79. The second-order valence-electron chi connectivity index (χ2n) is 2.48. The molecule has 0 atom stereocenters. The molecule has 1 heterocycles. The first kappa shape index (κ1) is 9.06. The van der Waals surface area contributed by atoms with Gasteiger partial charge in [0.15, 0.2) is 0 Å². The summed E-state index contributed by atoms with van der Waals surface area (Å²) in [5.41, 5.74) is 0. The molecule has 0 aliphatic carbocycles. The maximum atomic E-state index is 10.1. The van der Waals surface area contributed by atoms with Gasteiger partial charge in [-0.25, -0.2) is 0 Å². The molecule has 0 bridgehead atoms. The van der Waals surface area contributed by atoms with Gasteiger partial charge in [0, 0.05) is 18.5 Å². The SMILES string of the molecule is O=S(=O)=CCCN1C=CC=CC1. The third-order valence-electron chi connectivity index (χ3n) is 1.55. The molecule has 0 unspecified atom stereocenters. The zero-order valence-electron chi connectivity index (χ0n) is 6.68. The van der Waals surface area contributed by atoms with Crippen LogP contribution < -0.4 is 0 Å². The average molecular weight is 185 g/mol. The van der Waals surface area contributed by atoms with Crippen LogP contribution in [0.5, 0.6) is 0 Å². The number of nitrogens with zero attached hydrogens (tertiary/aromatic N) is 1. The van der Waals surface area contributed by atoms with Crippen LogP contribution in [-0.4, -0.2) is 31.8 Å². The fraction of sp³-hybridized carbons (Fsp3) is 0.375. The minimum Gasteiger partial charge on any atom is -0.373 e. The molecule has 0 aromatic rings. The topological polar surface area (TPSA) is 37.4 Å². The number of hydrogen-bond donors (Lipinski definition) is 0. The van der Waals surface area contributed by atoms with Crippen LogP contribution in [-0.2, 0) is 10.3 Å². The summed E-state index contributed by atoms with van der Waals surface area (Å²) < 4.78 is 20.3. The normalized spacial score (nSPS) is 14.8. The highest BCUT2D eigenvalue weighted by Crippen LogP contribution is 1.97. The van der Waals surface area contributed by atoms with E-state index >= 15 is 0 Å². The third kappa shape index (κ3) is 3.39. The Bertz CT molecular complexity index is 306. The van der Waals surface area contributed by atoms with Gasteiger partial charge >= 0.3 is 0 Å². The molecule has 0 spiro atoms. The van der Waals surface area contributed by atoms with Gasteiger partial charge in [-0.05, 0) is 18.7 Å². The van der Waals surface area contributed by atoms with Crippen LogP contribution >= 0.6 is 0 Å². The average Bonchev–Trinajstić information content (AvgIpc) is 2.05. The highest BCUT2D eigenvalue weighted by atomic mass is 32.2. The Hall–Kier alpha value is -1.03. The predicted molar refractivity (Wildman–Crippen MR) is 49.5 cm³/mol. The molecule has 0 radical (unpaired) electrons. The molecule has 0 aromatic carbocycles. The Morgan fingerprint density at radius 3 is 2.83 bits per heavy atom. The van der Waals surface area contributed by atoms with E-state index in [1.807, 2.05) is 24.4 Å². The van der Waals surface area contributed by atoms with Gasteiger partial charge in [0.1, 0.15) is 0 Å². The van der Waals surface area contributed by atoms with Gasteiger partial charge in [0.05, 0.1) is 0 Å². The maximum Gasteiger partial charge on any atom is 0.210 e. The van der Waals surface area contributed by atoms with Crippen molar-refractivity contribution in [2.75, 3.05) is 13.1 Å². The Labute approximate surface area is 73.5 Å². The van der Waals surface area contributed by atoms with Crippen LogP contribution in [0.3, 0.4) is 0 Å². The summed E-state index contributed by atoms with van der Waals surface area (Å²) in [4.78, 5) is 2.06. The van der Waals surface area contributed by atoms with Crippen LogP contribution in [0.25, 0.3) is 0 Å². The number of hydrogen-bond acceptors (Lipinski definition) is 3. The van der Waals surface area contributed by atoms with Gasteiger partial charge in [-0.1, -0.05) is 12.2 Å². The second kappa shape index (κ2) is 4.77. The van der Waals surface area contributed by atoms with E-state index in [9.17, 15) is 8.42 Å². The summed E-state index contributed by atoms with van der Waals surface area (Å²) >= 11 is 0. The van der Waals surface area contributed by atoms with E-state index < -0.39 is 10.3 Å². The Balaban J connectivity index is 2.29. The molecular formula is C8H11NO2S. The molecule has 12 heavy (non-hydrogen) atoms. The molecule has 3 nitrogen and oxygen atoms in total. The lowest BCUT2D eigenvalue weighted by molar-refractivity contribution is 0.426. The largest absolute Gasteiger partial charge is 0.373 e. The monoisotopic (exact) mass is 185 g/mol. The first-order valence-electron chi connectivity index (χ1n) is 3.78. The summed E-state index contributed by atoms with van der Waals surface area (Å²) in [7, 11) is -2.01. The molecule has 0 saturated carbocycles. The Morgan fingerprint density at radius 2 is 2.25 bits per heavy atom. The molecule has 0 N–H and O–H groups in total. The molecule has 0 amide bonds. The van der Waals surface area contributed by atoms with Crippen LogP contribution in [0.1, 0.15) is 6.42 Å². The van der Waals surface area contributed by atoms with Crippen molar-refractivity contribution in [3.8, 4) is 0 Å². The summed E-state index contributed by atoms with van der Waals surface area (Å²) in [6.07, 6.45) is 8.49. The summed E-state index contributed by atoms with van der Waals surface area (Å²) in [6.45, 7) is 1.63. The van der Waals surface area contributed by atoms with Gasteiger partial charge in [-0.3, -0.25) is 0 Å². The first-order valence-corrected chi connectivity index (χ1v) is 4.91. The van der Waals surface area contributed by atoms with Gasteiger partial charge in [-0.15, -0.1) is 0 Å². The lowest BCUT2D eigenvalue weighted by atomic mass is 10.3. The zero-order chi connectivity index (χ0) is 8.81. The van der Waals surface area contributed by atoms with E-state index in [1.165, 1.54) is 5.37 Å². The van der Waals surface area contributed by atoms with Crippen molar-refractivity contribution in [2.45, 2.75) is 6.42 Å². The number of allylic oxidation sites excluding steroid dienone is 2. The third-order valence-corrected chi connectivity index (χ3v) is 2.06. The van der Waals surface area contributed by atoms with Crippen molar-refractivity contribution < 1.29 is 8.42 Å².